The summed E-state index contributed by atoms with van der Waals surface area (Å²) in [6.07, 6.45) is 0. The van der Waals surface area contributed by atoms with Gasteiger partial charge in [0.15, 0.2) is 12.6 Å². The molecule has 1 aromatic carbocycles. The first-order valence-corrected chi connectivity index (χ1v) is 7.98. The van der Waals surface area contributed by atoms with Gasteiger partial charge in [-0.3, -0.25) is 9.79 Å². The van der Waals surface area contributed by atoms with Crippen molar-refractivity contribution in [3.05, 3.63) is 29.8 Å². The molecule has 1 rings (SSSR count). The van der Waals surface area contributed by atoms with Crippen molar-refractivity contribution in [1.29, 1.82) is 0 Å². The molecule has 0 unspecified atom stereocenters. The van der Waals surface area contributed by atoms with Crippen LogP contribution < -0.4 is 20.7 Å². The maximum Gasteiger partial charge on any atom is 0.257 e. The first kappa shape index (κ1) is 22.5. The molecule has 0 bridgehead atoms. The number of ether oxygens (including phenoxy) is 1. The summed E-state index contributed by atoms with van der Waals surface area (Å²) in [5.41, 5.74) is 1.06. The van der Waals surface area contributed by atoms with E-state index in [9.17, 15) is 4.79 Å². The Balaban J connectivity index is 0.00000529. The molecule has 0 saturated heterocycles. The minimum absolute atomic E-state index is 0. The molecule has 6 nitrogen and oxygen atoms in total. The van der Waals surface area contributed by atoms with Crippen LogP contribution in [0.1, 0.15) is 26.3 Å². The first-order chi connectivity index (χ1) is 11.0. The van der Waals surface area contributed by atoms with E-state index < -0.39 is 0 Å². The van der Waals surface area contributed by atoms with Gasteiger partial charge in [0, 0.05) is 26.7 Å². The van der Waals surface area contributed by atoms with Crippen LogP contribution in [0.25, 0.3) is 0 Å². The Kier molecular flexibility index (Phi) is 12.0. The SMILES string of the molecule is CCNC(=O)COc1cccc(CNC(=NC)NCC(C)C)c1.I. The third-order valence-electron chi connectivity index (χ3n) is 3.00. The van der Waals surface area contributed by atoms with Crippen LogP contribution in [0.5, 0.6) is 5.75 Å². The quantitative estimate of drug-likeness (QED) is 0.324. The van der Waals surface area contributed by atoms with Crippen LogP contribution in [-0.2, 0) is 11.3 Å². The Bertz CT molecular complexity index is 521. The smallest absolute Gasteiger partial charge is 0.257 e. The molecule has 0 radical (unpaired) electrons. The summed E-state index contributed by atoms with van der Waals surface area (Å²) < 4.78 is 5.49. The van der Waals surface area contributed by atoms with E-state index in [0.717, 1.165) is 18.1 Å². The van der Waals surface area contributed by atoms with E-state index in [-0.39, 0.29) is 36.5 Å². The van der Waals surface area contributed by atoms with Crippen LogP contribution in [0.4, 0.5) is 0 Å². The number of nitrogens with one attached hydrogen (secondary N) is 3. The Morgan fingerprint density at radius 3 is 2.62 bits per heavy atom. The van der Waals surface area contributed by atoms with Crippen LogP contribution in [0, 0.1) is 5.92 Å². The zero-order chi connectivity index (χ0) is 17.1. The summed E-state index contributed by atoms with van der Waals surface area (Å²) in [6, 6.07) is 7.67. The number of carbonyl (C=O) groups is 1. The molecule has 0 atom stereocenters. The molecular formula is C17H29IN4O2. The average molecular weight is 448 g/mol. The second-order valence-electron chi connectivity index (χ2n) is 5.59. The molecule has 0 aliphatic carbocycles. The highest BCUT2D eigenvalue weighted by Gasteiger charge is 2.03. The average Bonchev–Trinajstić information content (AvgIpc) is 2.53. The number of nitrogens with zero attached hydrogens (tertiary/aromatic N) is 1. The molecular weight excluding hydrogens is 419 g/mol. The maximum atomic E-state index is 11.4. The van der Waals surface area contributed by atoms with Crippen molar-refractivity contribution in [2.24, 2.45) is 10.9 Å². The van der Waals surface area contributed by atoms with Gasteiger partial charge in [0.2, 0.25) is 0 Å². The van der Waals surface area contributed by atoms with Gasteiger partial charge < -0.3 is 20.7 Å². The summed E-state index contributed by atoms with van der Waals surface area (Å²) in [5.74, 6) is 1.89. The fourth-order valence-electron chi connectivity index (χ4n) is 1.85. The van der Waals surface area contributed by atoms with Crippen molar-refractivity contribution in [3.63, 3.8) is 0 Å². The van der Waals surface area contributed by atoms with Gasteiger partial charge in [0.05, 0.1) is 0 Å². The lowest BCUT2D eigenvalue weighted by molar-refractivity contribution is -0.122. The molecule has 24 heavy (non-hydrogen) atoms. The van der Waals surface area contributed by atoms with Crippen molar-refractivity contribution in [2.75, 3.05) is 26.7 Å². The number of guanidine groups is 1. The maximum absolute atomic E-state index is 11.4. The number of halogens is 1. The largest absolute Gasteiger partial charge is 0.484 e. The lowest BCUT2D eigenvalue weighted by Crippen LogP contribution is -2.38. The van der Waals surface area contributed by atoms with Crippen molar-refractivity contribution >= 4 is 35.8 Å². The van der Waals surface area contributed by atoms with E-state index in [1.165, 1.54) is 0 Å². The Morgan fingerprint density at radius 1 is 1.25 bits per heavy atom. The van der Waals surface area contributed by atoms with E-state index in [0.29, 0.717) is 24.8 Å². The second-order valence-corrected chi connectivity index (χ2v) is 5.59. The van der Waals surface area contributed by atoms with Gasteiger partial charge in [-0.05, 0) is 30.5 Å². The van der Waals surface area contributed by atoms with Gasteiger partial charge >= 0.3 is 0 Å². The van der Waals surface area contributed by atoms with Crippen LogP contribution in [-0.4, -0.2) is 38.6 Å². The number of amides is 1. The molecule has 3 N–H and O–H groups in total. The Labute approximate surface area is 161 Å². The highest BCUT2D eigenvalue weighted by molar-refractivity contribution is 14.0. The number of benzene rings is 1. The van der Waals surface area contributed by atoms with Crippen molar-refractivity contribution < 1.29 is 9.53 Å². The van der Waals surface area contributed by atoms with Gasteiger partial charge in [0.1, 0.15) is 5.75 Å². The van der Waals surface area contributed by atoms with Crippen molar-refractivity contribution in [2.45, 2.75) is 27.3 Å². The Hall–Kier alpha value is -1.51. The minimum Gasteiger partial charge on any atom is -0.484 e. The predicted octanol–water partition coefficient (Wildman–Crippen LogP) is 2.14. The lowest BCUT2D eigenvalue weighted by Gasteiger charge is -2.14. The molecule has 0 fully saturated rings. The third-order valence-corrected chi connectivity index (χ3v) is 3.00. The van der Waals surface area contributed by atoms with Gasteiger partial charge in [-0.25, -0.2) is 0 Å². The molecule has 0 saturated carbocycles. The summed E-state index contributed by atoms with van der Waals surface area (Å²) in [6.45, 7) is 8.32. The molecule has 0 heterocycles. The number of carbonyl (C=O) groups excluding carboxylic acids is 1. The molecule has 0 aliphatic rings. The van der Waals surface area contributed by atoms with E-state index in [2.05, 4.69) is 34.8 Å². The summed E-state index contributed by atoms with van der Waals surface area (Å²) >= 11 is 0. The highest BCUT2D eigenvalue weighted by Crippen LogP contribution is 2.13. The number of rotatable bonds is 8. The van der Waals surface area contributed by atoms with Crippen LogP contribution in [0.3, 0.4) is 0 Å². The zero-order valence-corrected chi connectivity index (χ0v) is 17.2. The number of likely N-dealkylation sites (N-methyl/N-ethyl adjacent to an activating group) is 1. The standard InChI is InChI=1S/C17H28N4O2.HI/c1-5-19-16(22)12-23-15-8-6-7-14(9-15)11-21-17(18-4)20-10-13(2)3;/h6-9,13H,5,10-12H2,1-4H3,(H,19,22)(H2,18,20,21);1H. The lowest BCUT2D eigenvalue weighted by atomic mass is 10.2. The topological polar surface area (TPSA) is 74.8 Å². The third kappa shape index (κ3) is 9.59. The summed E-state index contributed by atoms with van der Waals surface area (Å²) in [4.78, 5) is 15.6. The number of hydrogen-bond donors (Lipinski definition) is 3. The van der Waals surface area contributed by atoms with Gasteiger partial charge in [-0.15, -0.1) is 24.0 Å². The monoisotopic (exact) mass is 448 g/mol. The molecule has 136 valence electrons. The summed E-state index contributed by atoms with van der Waals surface area (Å²) in [5, 5.41) is 9.22. The van der Waals surface area contributed by atoms with E-state index >= 15 is 0 Å². The minimum atomic E-state index is -0.116. The van der Waals surface area contributed by atoms with E-state index in [1.807, 2.05) is 31.2 Å². The summed E-state index contributed by atoms with van der Waals surface area (Å²) in [7, 11) is 1.75. The highest BCUT2D eigenvalue weighted by atomic mass is 127. The van der Waals surface area contributed by atoms with Crippen LogP contribution in [0.2, 0.25) is 0 Å². The second kappa shape index (κ2) is 12.9. The molecule has 0 spiro atoms. The number of aliphatic imine (C=N–C) groups is 1. The molecule has 1 aromatic rings. The molecule has 1 amide bonds. The predicted molar refractivity (Wildman–Crippen MR) is 109 cm³/mol. The fraction of sp³-hybridized carbons (Fsp3) is 0.529. The fourth-order valence-corrected chi connectivity index (χ4v) is 1.85. The van der Waals surface area contributed by atoms with Gasteiger partial charge in [-0.1, -0.05) is 26.0 Å². The zero-order valence-electron chi connectivity index (χ0n) is 14.9. The normalized spacial score (nSPS) is 10.8. The Morgan fingerprint density at radius 2 is 2.00 bits per heavy atom. The molecule has 0 aromatic heterocycles. The van der Waals surface area contributed by atoms with E-state index in [1.54, 1.807) is 7.05 Å². The van der Waals surface area contributed by atoms with Gasteiger partial charge in [0.25, 0.3) is 5.91 Å². The molecule has 0 aliphatic heterocycles. The molecule has 7 heteroatoms. The van der Waals surface area contributed by atoms with Crippen LogP contribution in [0.15, 0.2) is 29.3 Å². The number of hydrogen-bond acceptors (Lipinski definition) is 3. The van der Waals surface area contributed by atoms with Crippen molar-refractivity contribution in [3.8, 4) is 5.75 Å². The van der Waals surface area contributed by atoms with Crippen molar-refractivity contribution in [1.82, 2.24) is 16.0 Å². The van der Waals surface area contributed by atoms with E-state index in [4.69, 9.17) is 4.74 Å². The van der Waals surface area contributed by atoms with Gasteiger partial charge in [-0.2, -0.15) is 0 Å². The first-order valence-electron chi connectivity index (χ1n) is 7.98. The van der Waals surface area contributed by atoms with Crippen LogP contribution >= 0.6 is 24.0 Å².